The van der Waals surface area contributed by atoms with E-state index in [1.54, 1.807) is 0 Å². The molecule has 1 aromatic carbocycles. The maximum absolute atomic E-state index is 11.3. The van der Waals surface area contributed by atoms with Gasteiger partial charge in [-0.15, -0.1) is 0 Å². The van der Waals surface area contributed by atoms with Gasteiger partial charge in [0.15, 0.2) is 11.5 Å². The molecule has 0 aliphatic carbocycles. The number of nitrogens with zero attached hydrogens (tertiary/aromatic N) is 1. The quantitative estimate of drug-likeness (QED) is 0.746. The molecule has 2 rings (SSSR count). The second-order valence-electron chi connectivity index (χ2n) is 4.70. The van der Waals surface area contributed by atoms with E-state index in [0.29, 0.717) is 24.6 Å². The molecule has 0 saturated carbocycles. The Morgan fingerprint density at radius 1 is 1.35 bits per heavy atom. The minimum atomic E-state index is -0.896. The van der Waals surface area contributed by atoms with Crippen LogP contribution in [0.4, 0.5) is 4.79 Å². The van der Waals surface area contributed by atoms with Crippen LogP contribution >= 0.6 is 0 Å². The van der Waals surface area contributed by atoms with Gasteiger partial charge in [0.2, 0.25) is 6.79 Å². The molecule has 0 bridgehead atoms. The minimum Gasteiger partial charge on any atom is -0.465 e. The summed E-state index contributed by atoms with van der Waals surface area (Å²) in [6, 6.07) is 5.53. The fourth-order valence-electron chi connectivity index (χ4n) is 2.11. The van der Waals surface area contributed by atoms with Crippen LogP contribution in [0.15, 0.2) is 18.2 Å². The monoisotopic (exact) mass is 280 g/mol. The number of unbranched alkanes of at least 4 members (excludes halogenated alkanes) is 1. The number of carboxylic acid groups (broad SMARTS) is 1. The van der Waals surface area contributed by atoms with E-state index in [9.17, 15) is 9.90 Å². The summed E-state index contributed by atoms with van der Waals surface area (Å²) in [5, 5.41) is 12.3. The number of benzene rings is 1. The Kier molecular flexibility index (Phi) is 5.06. The van der Waals surface area contributed by atoms with Gasteiger partial charge >= 0.3 is 6.09 Å². The molecule has 2 N–H and O–H groups in total. The molecule has 0 radical (unpaired) electrons. The molecule has 110 valence electrons. The van der Waals surface area contributed by atoms with Crippen LogP contribution in [0, 0.1) is 0 Å². The normalized spacial score (nSPS) is 12.4. The fraction of sp³-hybridized carbons (Fsp3) is 0.500. The molecule has 6 heteroatoms. The van der Waals surface area contributed by atoms with Crippen molar-refractivity contribution in [3.8, 4) is 11.5 Å². The number of ether oxygens (including phenoxy) is 2. The predicted molar refractivity (Wildman–Crippen MR) is 74.2 cm³/mol. The molecular weight excluding hydrogens is 260 g/mol. The minimum absolute atomic E-state index is 0.228. The van der Waals surface area contributed by atoms with E-state index in [-0.39, 0.29) is 6.79 Å². The summed E-state index contributed by atoms with van der Waals surface area (Å²) >= 11 is 0. The molecule has 20 heavy (non-hydrogen) atoms. The number of nitrogens with one attached hydrogen (secondary N) is 1. The van der Waals surface area contributed by atoms with Gasteiger partial charge in [-0.1, -0.05) is 6.07 Å². The zero-order chi connectivity index (χ0) is 14.4. The molecule has 1 aliphatic heterocycles. The number of hydrogen-bond donors (Lipinski definition) is 2. The molecule has 0 spiro atoms. The van der Waals surface area contributed by atoms with Crippen LogP contribution in [0.3, 0.4) is 0 Å². The van der Waals surface area contributed by atoms with Crippen molar-refractivity contribution < 1.29 is 19.4 Å². The topological polar surface area (TPSA) is 71.0 Å². The number of amides is 1. The first-order valence-corrected chi connectivity index (χ1v) is 6.71. The van der Waals surface area contributed by atoms with Crippen molar-refractivity contribution in [2.45, 2.75) is 19.4 Å². The van der Waals surface area contributed by atoms with Gasteiger partial charge < -0.3 is 24.8 Å². The van der Waals surface area contributed by atoms with Crippen LogP contribution in [0.2, 0.25) is 0 Å². The van der Waals surface area contributed by atoms with Gasteiger partial charge in [0.05, 0.1) is 0 Å². The van der Waals surface area contributed by atoms with E-state index in [1.165, 1.54) is 4.90 Å². The number of fused-ring (bicyclic) bond motifs is 1. The standard InChI is InChI=1S/C14H20N2O4/c1-15-6-2-3-7-16(14(17)18)9-11-4-5-12-13(8-11)20-10-19-12/h4-5,8,15H,2-3,6-7,9-10H2,1H3,(H,17,18). The van der Waals surface area contributed by atoms with E-state index >= 15 is 0 Å². The van der Waals surface area contributed by atoms with Gasteiger partial charge in [-0.25, -0.2) is 4.79 Å². The Bertz CT molecular complexity index is 464. The van der Waals surface area contributed by atoms with Gasteiger partial charge in [-0.2, -0.15) is 0 Å². The highest BCUT2D eigenvalue weighted by molar-refractivity contribution is 5.65. The van der Waals surface area contributed by atoms with Crippen molar-refractivity contribution in [3.63, 3.8) is 0 Å². The smallest absolute Gasteiger partial charge is 0.407 e. The van der Waals surface area contributed by atoms with Crippen molar-refractivity contribution >= 4 is 6.09 Å². The lowest BCUT2D eigenvalue weighted by molar-refractivity contribution is 0.141. The highest BCUT2D eigenvalue weighted by Gasteiger charge is 2.16. The van der Waals surface area contributed by atoms with Crippen molar-refractivity contribution in [3.05, 3.63) is 23.8 Å². The molecule has 6 nitrogen and oxygen atoms in total. The first kappa shape index (κ1) is 14.5. The highest BCUT2D eigenvalue weighted by atomic mass is 16.7. The van der Waals surface area contributed by atoms with Gasteiger partial charge in [0.25, 0.3) is 0 Å². The van der Waals surface area contributed by atoms with Crippen LogP contribution in [0.25, 0.3) is 0 Å². The van der Waals surface area contributed by atoms with E-state index in [4.69, 9.17) is 9.47 Å². The van der Waals surface area contributed by atoms with Gasteiger partial charge in [-0.05, 0) is 44.1 Å². The molecule has 0 aromatic heterocycles. The first-order chi connectivity index (χ1) is 9.70. The first-order valence-electron chi connectivity index (χ1n) is 6.71. The third-order valence-corrected chi connectivity index (χ3v) is 3.19. The van der Waals surface area contributed by atoms with E-state index in [1.807, 2.05) is 25.2 Å². The third kappa shape index (κ3) is 3.77. The number of rotatable bonds is 7. The summed E-state index contributed by atoms with van der Waals surface area (Å²) in [6.45, 7) is 2.03. The Labute approximate surface area is 118 Å². The average Bonchev–Trinajstić information content (AvgIpc) is 2.89. The predicted octanol–water partition coefficient (Wildman–Crippen LogP) is 1.89. The van der Waals surface area contributed by atoms with Crippen molar-refractivity contribution in [2.24, 2.45) is 0 Å². The lowest BCUT2D eigenvalue weighted by atomic mass is 10.2. The van der Waals surface area contributed by atoms with Crippen LogP contribution in [-0.2, 0) is 6.54 Å². The molecule has 1 aliphatic rings. The molecule has 1 heterocycles. The second-order valence-corrected chi connectivity index (χ2v) is 4.70. The van der Waals surface area contributed by atoms with Crippen molar-refractivity contribution in [2.75, 3.05) is 26.9 Å². The lowest BCUT2D eigenvalue weighted by Crippen LogP contribution is -2.30. The van der Waals surface area contributed by atoms with Gasteiger partial charge in [0, 0.05) is 13.1 Å². The maximum Gasteiger partial charge on any atom is 0.407 e. The molecular formula is C14H20N2O4. The summed E-state index contributed by atoms with van der Waals surface area (Å²) in [6.07, 6.45) is 0.908. The van der Waals surface area contributed by atoms with Crippen molar-refractivity contribution in [1.29, 1.82) is 0 Å². The van der Waals surface area contributed by atoms with Crippen LogP contribution in [0.5, 0.6) is 11.5 Å². The second kappa shape index (κ2) is 7.00. The molecule has 1 amide bonds. The van der Waals surface area contributed by atoms with Gasteiger partial charge in [0.1, 0.15) is 0 Å². The zero-order valence-electron chi connectivity index (χ0n) is 11.6. The van der Waals surface area contributed by atoms with Crippen LogP contribution in [-0.4, -0.2) is 43.0 Å². The number of hydrogen-bond acceptors (Lipinski definition) is 4. The summed E-state index contributed by atoms with van der Waals surface area (Å²) < 4.78 is 10.5. The number of carbonyl (C=O) groups is 1. The summed E-state index contributed by atoms with van der Waals surface area (Å²) in [5.41, 5.74) is 0.908. The molecule has 1 aromatic rings. The van der Waals surface area contributed by atoms with E-state index in [2.05, 4.69) is 5.32 Å². The Balaban J connectivity index is 1.92. The van der Waals surface area contributed by atoms with Crippen molar-refractivity contribution in [1.82, 2.24) is 10.2 Å². The highest BCUT2D eigenvalue weighted by Crippen LogP contribution is 2.32. The zero-order valence-corrected chi connectivity index (χ0v) is 11.6. The summed E-state index contributed by atoms with van der Waals surface area (Å²) in [7, 11) is 1.89. The fourth-order valence-corrected chi connectivity index (χ4v) is 2.11. The summed E-state index contributed by atoms with van der Waals surface area (Å²) in [4.78, 5) is 12.7. The van der Waals surface area contributed by atoms with E-state index in [0.717, 1.165) is 24.9 Å². The average molecular weight is 280 g/mol. The summed E-state index contributed by atoms with van der Waals surface area (Å²) in [5.74, 6) is 1.40. The molecule has 0 fully saturated rings. The van der Waals surface area contributed by atoms with Crippen LogP contribution < -0.4 is 14.8 Å². The lowest BCUT2D eigenvalue weighted by Gasteiger charge is -2.19. The molecule has 0 saturated heterocycles. The van der Waals surface area contributed by atoms with Crippen LogP contribution in [0.1, 0.15) is 18.4 Å². The van der Waals surface area contributed by atoms with Gasteiger partial charge in [-0.3, -0.25) is 0 Å². The largest absolute Gasteiger partial charge is 0.465 e. The Morgan fingerprint density at radius 3 is 2.90 bits per heavy atom. The Morgan fingerprint density at radius 2 is 2.15 bits per heavy atom. The maximum atomic E-state index is 11.3. The third-order valence-electron chi connectivity index (χ3n) is 3.19. The SMILES string of the molecule is CNCCCCN(Cc1ccc2c(c1)OCO2)C(=O)O. The molecule has 0 unspecified atom stereocenters. The Hall–Kier alpha value is -1.95. The molecule has 0 atom stereocenters. The van der Waals surface area contributed by atoms with E-state index < -0.39 is 6.09 Å².